The van der Waals surface area contributed by atoms with Crippen LogP contribution in [0.4, 0.5) is 0 Å². The molecule has 7 heteroatoms. The second-order valence-electron chi connectivity index (χ2n) is 4.59. The Morgan fingerprint density at radius 2 is 2.00 bits per heavy atom. The highest BCUT2D eigenvalue weighted by Gasteiger charge is 2.42. The van der Waals surface area contributed by atoms with Crippen LogP contribution < -0.4 is 4.72 Å². The number of rotatable bonds is 4. The third kappa shape index (κ3) is 3.64. The lowest BCUT2D eigenvalue weighted by Gasteiger charge is -2.31. The van der Waals surface area contributed by atoms with Gasteiger partial charge in [0.05, 0.1) is 12.7 Å². The van der Waals surface area contributed by atoms with E-state index >= 15 is 0 Å². The van der Waals surface area contributed by atoms with E-state index in [1.165, 1.54) is 6.42 Å². The van der Waals surface area contributed by atoms with E-state index < -0.39 is 15.8 Å². The molecule has 0 amide bonds. The molecule has 1 spiro atoms. The van der Waals surface area contributed by atoms with Crippen LogP contribution >= 0.6 is 15.9 Å². The summed E-state index contributed by atoms with van der Waals surface area (Å²) >= 11 is 2.93. The molecule has 1 saturated heterocycles. The Morgan fingerprint density at radius 1 is 1.29 bits per heavy atom. The number of alkyl halides is 1. The molecule has 0 aromatic carbocycles. The van der Waals surface area contributed by atoms with Crippen LogP contribution in [0.3, 0.4) is 0 Å². The van der Waals surface area contributed by atoms with E-state index in [1.54, 1.807) is 0 Å². The van der Waals surface area contributed by atoms with Gasteiger partial charge in [-0.05, 0) is 12.8 Å². The smallest absolute Gasteiger partial charge is 0.221 e. The van der Waals surface area contributed by atoms with Gasteiger partial charge in [-0.3, -0.25) is 0 Å². The standard InChI is InChI=1S/C10H18BrNO4S/c11-8-17(13,14)12-6-9-7-15-10(16-9)4-2-1-3-5-10/h9,12H,1-8H2/t9-/m0/s1. The van der Waals surface area contributed by atoms with Crippen molar-refractivity contribution >= 4 is 26.0 Å². The highest BCUT2D eigenvalue weighted by molar-refractivity contribution is 9.10. The van der Waals surface area contributed by atoms with Crippen LogP contribution in [0.2, 0.25) is 0 Å². The van der Waals surface area contributed by atoms with Crippen LogP contribution in [0, 0.1) is 0 Å². The van der Waals surface area contributed by atoms with E-state index in [0.29, 0.717) is 6.61 Å². The second-order valence-corrected chi connectivity index (χ2v) is 7.70. The molecule has 2 fully saturated rings. The van der Waals surface area contributed by atoms with Gasteiger partial charge in [-0.25, -0.2) is 13.1 Å². The molecule has 2 rings (SSSR count). The Bertz CT molecular complexity index is 353. The molecule has 0 radical (unpaired) electrons. The number of hydrogen-bond donors (Lipinski definition) is 1. The SMILES string of the molecule is O=S(=O)(CBr)NC[C@H]1COC2(CCCCC2)O1. The summed E-state index contributed by atoms with van der Waals surface area (Å²) in [6.07, 6.45) is 5.17. The monoisotopic (exact) mass is 327 g/mol. The normalized spacial score (nSPS) is 28.6. The van der Waals surface area contributed by atoms with Crippen molar-refractivity contribution in [2.45, 2.75) is 44.0 Å². The first-order valence-corrected chi connectivity index (χ1v) is 8.68. The maximum absolute atomic E-state index is 11.3. The Kier molecular flexibility index (Phi) is 4.46. The summed E-state index contributed by atoms with van der Waals surface area (Å²) in [5.74, 6) is -0.428. The van der Waals surface area contributed by atoms with Gasteiger partial charge in [0.25, 0.3) is 0 Å². The number of ether oxygens (including phenoxy) is 2. The van der Waals surface area contributed by atoms with Crippen molar-refractivity contribution in [1.82, 2.24) is 4.72 Å². The average Bonchev–Trinajstić information content (AvgIpc) is 2.71. The van der Waals surface area contributed by atoms with Gasteiger partial charge in [0.2, 0.25) is 10.0 Å². The summed E-state index contributed by atoms with van der Waals surface area (Å²) in [4.78, 5) is 0. The van der Waals surface area contributed by atoms with Crippen LogP contribution in [0.5, 0.6) is 0 Å². The lowest BCUT2D eigenvalue weighted by molar-refractivity contribution is -0.186. The van der Waals surface area contributed by atoms with E-state index in [9.17, 15) is 8.42 Å². The fourth-order valence-corrected chi connectivity index (χ4v) is 3.33. The third-order valence-corrected chi connectivity index (χ3v) is 5.91. The van der Waals surface area contributed by atoms with Crippen molar-refractivity contribution < 1.29 is 17.9 Å². The van der Waals surface area contributed by atoms with Crippen molar-refractivity contribution in [3.8, 4) is 0 Å². The molecule has 100 valence electrons. The van der Waals surface area contributed by atoms with E-state index in [1.807, 2.05) is 0 Å². The molecule has 0 unspecified atom stereocenters. The molecule has 1 heterocycles. The van der Waals surface area contributed by atoms with Gasteiger partial charge in [0, 0.05) is 19.4 Å². The maximum atomic E-state index is 11.3. The van der Waals surface area contributed by atoms with Crippen molar-refractivity contribution in [2.24, 2.45) is 0 Å². The minimum absolute atomic E-state index is 0.0846. The van der Waals surface area contributed by atoms with Crippen molar-refractivity contribution in [2.75, 3.05) is 17.8 Å². The first-order valence-electron chi connectivity index (χ1n) is 5.90. The van der Waals surface area contributed by atoms with Gasteiger partial charge in [0.1, 0.15) is 4.66 Å². The Morgan fingerprint density at radius 3 is 2.65 bits per heavy atom. The second kappa shape index (κ2) is 5.52. The molecule has 5 nitrogen and oxygen atoms in total. The molecule has 17 heavy (non-hydrogen) atoms. The van der Waals surface area contributed by atoms with Crippen LogP contribution in [-0.4, -0.2) is 38.1 Å². The van der Waals surface area contributed by atoms with Crippen molar-refractivity contribution in [3.63, 3.8) is 0 Å². The predicted molar refractivity (Wildman–Crippen MR) is 67.4 cm³/mol. The van der Waals surface area contributed by atoms with Gasteiger partial charge in [-0.1, -0.05) is 22.4 Å². The first kappa shape index (κ1) is 13.7. The van der Waals surface area contributed by atoms with E-state index in [0.717, 1.165) is 25.7 Å². The maximum Gasteiger partial charge on any atom is 0.221 e. The zero-order chi connectivity index (χ0) is 12.4. The minimum Gasteiger partial charge on any atom is -0.347 e. The van der Waals surface area contributed by atoms with Gasteiger partial charge >= 0.3 is 0 Å². The van der Waals surface area contributed by atoms with Crippen molar-refractivity contribution in [3.05, 3.63) is 0 Å². The Hall–Kier alpha value is 0.310. The zero-order valence-corrected chi connectivity index (χ0v) is 12.1. The average molecular weight is 328 g/mol. The summed E-state index contributed by atoms with van der Waals surface area (Å²) < 4.78 is 36.5. The highest BCUT2D eigenvalue weighted by atomic mass is 79.9. The Balaban J connectivity index is 1.82. The number of sulfonamides is 1. The van der Waals surface area contributed by atoms with Gasteiger partial charge < -0.3 is 9.47 Å². The first-order chi connectivity index (χ1) is 8.05. The fourth-order valence-electron chi connectivity index (χ4n) is 2.33. The molecule has 0 bridgehead atoms. The van der Waals surface area contributed by atoms with Crippen LogP contribution in [0.15, 0.2) is 0 Å². The third-order valence-electron chi connectivity index (χ3n) is 3.20. The topological polar surface area (TPSA) is 64.6 Å². The molecule has 1 aliphatic heterocycles. The molecule has 1 saturated carbocycles. The lowest BCUT2D eigenvalue weighted by Crippen LogP contribution is -2.37. The van der Waals surface area contributed by atoms with Crippen LogP contribution in [0.1, 0.15) is 32.1 Å². The quantitative estimate of drug-likeness (QED) is 0.791. The summed E-state index contributed by atoms with van der Waals surface area (Å²) in [5, 5.41) is 0. The van der Waals surface area contributed by atoms with E-state index in [-0.39, 0.29) is 17.3 Å². The predicted octanol–water partition coefficient (Wildman–Crippen LogP) is 1.33. The molecule has 0 aromatic rings. The van der Waals surface area contributed by atoms with E-state index in [4.69, 9.17) is 9.47 Å². The summed E-state index contributed by atoms with van der Waals surface area (Å²) in [6, 6.07) is 0. The highest BCUT2D eigenvalue weighted by Crippen LogP contribution is 2.37. The molecular formula is C10H18BrNO4S. The summed E-state index contributed by atoms with van der Waals surface area (Å²) in [7, 11) is -3.22. The molecular weight excluding hydrogens is 310 g/mol. The summed E-state index contributed by atoms with van der Waals surface area (Å²) in [6.45, 7) is 0.764. The number of hydrogen-bond acceptors (Lipinski definition) is 4. The van der Waals surface area contributed by atoms with Crippen LogP contribution in [0.25, 0.3) is 0 Å². The minimum atomic E-state index is -3.22. The molecule has 1 aliphatic carbocycles. The number of nitrogens with one attached hydrogen (secondary N) is 1. The zero-order valence-electron chi connectivity index (χ0n) is 9.65. The van der Waals surface area contributed by atoms with Gasteiger partial charge in [-0.15, -0.1) is 0 Å². The largest absolute Gasteiger partial charge is 0.347 e. The Labute approximate surface area is 110 Å². The lowest BCUT2D eigenvalue weighted by atomic mass is 9.94. The molecule has 1 N–H and O–H groups in total. The molecule has 2 aliphatic rings. The van der Waals surface area contributed by atoms with Gasteiger partial charge in [0.15, 0.2) is 5.79 Å². The molecule has 0 aromatic heterocycles. The molecule has 1 atom stereocenters. The number of halogens is 1. The van der Waals surface area contributed by atoms with Crippen LogP contribution in [-0.2, 0) is 19.5 Å². The van der Waals surface area contributed by atoms with E-state index in [2.05, 4.69) is 20.7 Å². The summed E-state index contributed by atoms with van der Waals surface area (Å²) in [5.41, 5.74) is 0. The van der Waals surface area contributed by atoms with Crippen molar-refractivity contribution in [1.29, 1.82) is 0 Å². The fraction of sp³-hybridized carbons (Fsp3) is 1.00. The van der Waals surface area contributed by atoms with Gasteiger partial charge in [-0.2, -0.15) is 0 Å².